The van der Waals surface area contributed by atoms with Crippen LogP contribution >= 0.6 is 11.8 Å². The first kappa shape index (κ1) is 23.7. The third-order valence-corrected chi connectivity index (χ3v) is 9.74. The van der Waals surface area contributed by atoms with Gasteiger partial charge in [-0.1, -0.05) is 47.5 Å². The van der Waals surface area contributed by atoms with E-state index < -0.39 is 5.60 Å². The van der Waals surface area contributed by atoms with Crippen molar-refractivity contribution in [1.29, 1.82) is 0 Å². The first-order valence-electron chi connectivity index (χ1n) is 13.0. The van der Waals surface area contributed by atoms with Crippen LogP contribution in [-0.2, 0) is 12.1 Å². The minimum Gasteiger partial charge on any atom is -0.383 e. The Labute approximate surface area is 216 Å². The van der Waals surface area contributed by atoms with Gasteiger partial charge >= 0.3 is 0 Å². The summed E-state index contributed by atoms with van der Waals surface area (Å²) in [7, 11) is 0. The van der Waals surface area contributed by atoms with Crippen molar-refractivity contribution >= 4 is 27.9 Å². The van der Waals surface area contributed by atoms with E-state index in [0.717, 1.165) is 56.0 Å². The van der Waals surface area contributed by atoms with Crippen LogP contribution in [0, 0.1) is 18.8 Å². The molecule has 3 fully saturated rings. The molecule has 7 nitrogen and oxygen atoms in total. The maximum Gasteiger partial charge on any atom is 0.282 e. The summed E-state index contributed by atoms with van der Waals surface area (Å²) >= 11 is 1.47. The smallest absolute Gasteiger partial charge is 0.282 e. The number of amides is 1. The van der Waals surface area contributed by atoms with Crippen LogP contribution in [0.2, 0.25) is 0 Å². The highest BCUT2D eigenvalue weighted by molar-refractivity contribution is 8.14. The van der Waals surface area contributed by atoms with E-state index in [1.165, 1.54) is 22.9 Å². The Morgan fingerprint density at radius 2 is 2.14 bits per heavy atom. The van der Waals surface area contributed by atoms with Crippen LogP contribution in [0.1, 0.15) is 60.6 Å². The Kier molecular flexibility index (Phi) is 6.12. The van der Waals surface area contributed by atoms with E-state index in [1.807, 2.05) is 23.2 Å². The van der Waals surface area contributed by atoms with E-state index >= 15 is 0 Å². The van der Waals surface area contributed by atoms with Crippen LogP contribution in [0.4, 0.5) is 4.79 Å². The van der Waals surface area contributed by atoms with Gasteiger partial charge in [0.25, 0.3) is 5.24 Å². The highest BCUT2D eigenvalue weighted by atomic mass is 32.2. The molecule has 2 aromatic heterocycles. The average Bonchev–Trinajstić information content (AvgIpc) is 3.62. The molecule has 0 bridgehead atoms. The molecular formula is C28H33N5O2S. The molecule has 8 heteroatoms. The molecule has 2 aliphatic heterocycles. The summed E-state index contributed by atoms with van der Waals surface area (Å²) < 4.78 is 1.87. The number of hydrogen-bond acceptors (Lipinski definition) is 6. The molecule has 36 heavy (non-hydrogen) atoms. The van der Waals surface area contributed by atoms with Crippen LogP contribution in [0.15, 0.2) is 49.3 Å². The van der Waals surface area contributed by atoms with E-state index in [9.17, 15) is 9.90 Å². The number of pyridine rings is 1. The molecule has 1 saturated carbocycles. The predicted octanol–water partition coefficient (Wildman–Crippen LogP) is 5.39. The lowest BCUT2D eigenvalue weighted by Crippen LogP contribution is -2.43. The quantitative estimate of drug-likeness (QED) is 0.454. The van der Waals surface area contributed by atoms with Crippen LogP contribution in [0.25, 0.3) is 10.9 Å². The van der Waals surface area contributed by atoms with Gasteiger partial charge in [0, 0.05) is 30.7 Å². The number of aromatic nitrogens is 4. The number of fused-ring (bicyclic) bond motifs is 2. The lowest BCUT2D eigenvalue weighted by Gasteiger charge is -2.39. The van der Waals surface area contributed by atoms with E-state index in [4.69, 9.17) is 0 Å². The fourth-order valence-electron chi connectivity index (χ4n) is 6.43. The average molecular weight is 504 g/mol. The van der Waals surface area contributed by atoms with E-state index in [1.54, 1.807) is 0 Å². The molecule has 1 aliphatic carbocycles. The van der Waals surface area contributed by atoms with Gasteiger partial charge in [-0.3, -0.25) is 14.5 Å². The van der Waals surface area contributed by atoms with Crippen molar-refractivity contribution in [1.82, 2.24) is 24.9 Å². The summed E-state index contributed by atoms with van der Waals surface area (Å²) in [6.07, 6.45) is 11.3. The molecule has 1 N–H and O–H groups in total. The Morgan fingerprint density at radius 3 is 2.94 bits per heavy atom. The summed E-state index contributed by atoms with van der Waals surface area (Å²) in [4.78, 5) is 19.6. The minimum absolute atomic E-state index is 0.0904. The number of hydrogen-bond donors (Lipinski definition) is 1. The zero-order valence-electron chi connectivity index (χ0n) is 20.7. The van der Waals surface area contributed by atoms with Crippen LogP contribution in [-0.4, -0.2) is 47.8 Å². The monoisotopic (exact) mass is 503 g/mol. The lowest BCUT2D eigenvalue weighted by molar-refractivity contribution is 0.0398. The summed E-state index contributed by atoms with van der Waals surface area (Å²) in [5, 5.41) is 21.0. The normalized spacial score (nSPS) is 26.3. The fourth-order valence-corrected chi connectivity index (χ4v) is 7.76. The van der Waals surface area contributed by atoms with Crippen LogP contribution < -0.4 is 0 Å². The summed E-state index contributed by atoms with van der Waals surface area (Å²) in [5.74, 6) is 0.618. The molecule has 4 heterocycles. The van der Waals surface area contributed by atoms with E-state index in [-0.39, 0.29) is 22.4 Å². The number of aryl methyl sites for hydroxylation is 1. The molecule has 3 aliphatic rings. The number of carbonyl (C=O) groups excluding carboxylic acids is 1. The van der Waals surface area contributed by atoms with Gasteiger partial charge in [-0.05, 0) is 68.2 Å². The molecule has 1 amide bonds. The Bertz CT molecular complexity index is 1300. The minimum atomic E-state index is -0.826. The number of benzene rings is 1. The van der Waals surface area contributed by atoms with Crippen molar-refractivity contribution in [2.75, 3.05) is 6.54 Å². The Balaban J connectivity index is 1.23. The van der Waals surface area contributed by atoms with Gasteiger partial charge in [-0.2, -0.15) is 0 Å². The molecule has 188 valence electrons. The molecular weight excluding hydrogens is 470 g/mol. The zero-order chi connectivity index (χ0) is 24.9. The maximum atomic E-state index is 13.0. The molecule has 1 aromatic carbocycles. The van der Waals surface area contributed by atoms with Crippen molar-refractivity contribution < 1.29 is 9.90 Å². The third-order valence-electron chi connectivity index (χ3n) is 8.49. The number of rotatable bonds is 6. The number of allylic oxidation sites excluding steroid dienone is 1. The SMILES string of the molecule is C=C[C@@H](Cn1cc(C2(O)CCCC2)nn1)[C@H]1CCN2C(=O)S[C@@H](c3ccnc4ccc(C)cc34)[C@@H]2C1. The van der Waals surface area contributed by atoms with E-state index in [2.05, 4.69) is 58.0 Å². The van der Waals surface area contributed by atoms with Gasteiger partial charge in [0.15, 0.2) is 0 Å². The lowest BCUT2D eigenvalue weighted by atomic mass is 9.79. The number of carbonyl (C=O) groups is 1. The van der Waals surface area contributed by atoms with Crippen molar-refractivity contribution in [3.63, 3.8) is 0 Å². The zero-order valence-corrected chi connectivity index (χ0v) is 21.5. The highest BCUT2D eigenvalue weighted by Crippen LogP contribution is 2.50. The largest absolute Gasteiger partial charge is 0.383 e. The second kappa shape index (κ2) is 9.30. The van der Waals surface area contributed by atoms with Crippen molar-refractivity contribution in [2.45, 2.75) is 68.9 Å². The Hall–Kier alpha value is -2.71. The number of piperidine rings is 1. The third kappa shape index (κ3) is 4.14. The van der Waals surface area contributed by atoms with Gasteiger partial charge in [0.05, 0.1) is 17.0 Å². The number of aliphatic hydroxyl groups is 1. The van der Waals surface area contributed by atoms with Gasteiger partial charge < -0.3 is 10.0 Å². The first-order valence-corrected chi connectivity index (χ1v) is 13.9. The summed E-state index contributed by atoms with van der Waals surface area (Å²) in [6, 6.07) is 8.60. The second-order valence-electron chi connectivity index (χ2n) is 10.7. The number of thioether (sulfide) groups is 1. The predicted molar refractivity (Wildman–Crippen MR) is 141 cm³/mol. The molecule has 4 atom stereocenters. The molecule has 0 radical (unpaired) electrons. The van der Waals surface area contributed by atoms with Crippen molar-refractivity contribution in [3.05, 3.63) is 66.1 Å². The topological polar surface area (TPSA) is 84.1 Å². The Morgan fingerprint density at radius 1 is 1.31 bits per heavy atom. The highest BCUT2D eigenvalue weighted by Gasteiger charge is 2.46. The van der Waals surface area contributed by atoms with Crippen LogP contribution in [0.5, 0.6) is 0 Å². The molecule has 0 unspecified atom stereocenters. The first-order chi connectivity index (χ1) is 17.4. The van der Waals surface area contributed by atoms with Crippen LogP contribution in [0.3, 0.4) is 0 Å². The molecule has 0 spiro atoms. The second-order valence-corrected chi connectivity index (χ2v) is 11.8. The van der Waals surface area contributed by atoms with Gasteiger partial charge in [0.2, 0.25) is 0 Å². The fraction of sp³-hybridized carbons (Fsp3) is 0.500. The van der Waals surface area contributed by atoms with Gasteiger partial charge in [-0.15, -0.1) is 11.7 Å². The van der Waals surface area contributed by atoms with Crippen molar-refractivity contribution in [2.24, 2.45) is 11.8 Å². The maximum absolute atomic E-state index is 13.0. The summed E-state index contributed by atoms with van der Waals surface area (Å²) in [5.41, 5.74) is 3.25. The standard InChI is InChI=1S/C28H33N5O2S/c1-3-19(16-32-17-25(30-31-32)28(35)10-4-5-11-28)20-9-13-33-24(15-20)26(36-27(33)34)21-8-12-29-23-7-6-18(2)14-22(21)23/h3,6-8,12,14,17,19-20,24,26,35H,1,4-5,9-11,13,15-16H2,2H3/t19-,20-,24-,26-/m0/s1. The molecule has 6 rings (SSSR count). The van der Waals surface area contributed by atoms with E-state index in [0.29, 0.717) is 18.2 Å². The van der Waals surface area contributed by atoms with Gasteiger partial charge in [-0.25, -0.2) is 0 Å². The van der Waals surface area contributed by atoms with Gasteiger partial charge in [0.1, 0.15) is 11.3 Å². The molecule has 2 saturated heterocycles. The number of nitrogens with zero attached hydrogens (tertiary/aromatic N) is 5. The summed E-state index contributed by atoms with van der Waals surface area (Å²) in [6.45, 7) is 7.71. The molecule has 3 aromatic rings. The van der Waals surface area contributed by atoms with Crippen molar-refractivity contribution in [3.8, 4) is 0 Å².